The van der Waals surface area contributed by atoms with Gasteiger partial charge in [0.15, 0.2) is 11.5 Å². The van der Waals surface area contributed by atoms with Gasteiger partial charge in [-0.3, -0.25) is 14.9 Å². The van der Waals surface area contributed by atoms with Gasteiger partial charge < -0.3 is 0 Å². The maximum atomic E-state index is 12.6. The van der Waals surface area contributed by atoms with Gasteiger partial charge in [-0.15, -0.1) is 0 Å². The molecule has 0 atom stereocenters. The highest BCUT2D eigenvalue weighted by Crippen LogP contribution is 2.34. The molecule has 0 spiro atoms. The van der Waals surface area contributed by atoms with Crippen molar-refractivity contribution in [1.82, 2.24) is 25.0 Å². The van der Waals surface area contributed by atoms with Crippen molar-refractivity contribution in [2.24, 2.45) is 7.05 Å². The minimum atomic E-state index is -4.52. The third kappa shape index (κ3) is 1.85. The highest BCUT2D eigenvalue weighted by atomic mass is 32.1. The van der Waals surface area contributed by atoms with Gasteiger partial charge in [-0.1, -0.05) is 0 Å². The molecule has 0 aliphatic carbocycles. The van der Waals surface area contributed by atoms with Crippen LogP contribution in [0, 0.1) is 4.77 Å². The van der Waals surface area contributed by atoms with E-state index in [4.69, 9.17) is 0 Å². The number of H-pyrrole nitrogens is 2. The first-order chi connectivity index (χ1) is 7.38. The highest BCUT2D eigenvalue weighted by molar-refractivity contribution is 7.71. The van der Waals surface area contributed by atoms with Crippen molar-refractivity contribution in [1.29, 1.82) is 0 Å². The summed E-state index contributed by atoms with van der Waals surface area (Å²) in [5.41, 5.74) is -1.13. The molecule has 2 aromatic heterocycles. The van der Waals surface area contributed by atoms with Crippen molar-refractivity contribution in [3.05, 3.63) is 16.7 Å². The van der Waals surface area contributed by atoms with E-state index in [1.54, 1.807) is 0 Å². The summed E-state index contributed by atoms with van der Waals surface area (Å²) in [4.78, 5) is 3.72. The van der Waals surface area contributed by atoms with Crippen LogP contribution in [0.2, 0.25) is 0 Å². The molecule has 86 valence electrons. The number of aryl methyl sites for hydroxylation is 1. The van der Waals surface area contributed by atoms with Gasteiger partial charge in [0.25, 0.3) is 0 Å². The molecule has 0 saturated heterocycles. The van der Waals surface area contributed by atoms with Crippen molar-refractivity contribution in [2.45, 2.75) is 6.18 Å². The van der Waals surface area contributed by atoms with Crippen LogP contribution in [0.25, 0.3) is 11.4 Å². The Morgan fingerprint density at radius 3 is 2.56 bits per heavy atom. The Morgan fingerprint density at radius 2 is 2.06 bits per heavy atom. The number of hydrogen-bond acceptors (Lipinski definition) is 3. The first kappa shape index (κ1) is 10.9. The summed E-state index contributed by atoms with van der Waals surface area (Å²) in [7, 11) is 1.40. The fraction of sp³-hybridized carbons (Fsp3) is 0.286. The molecule has 0 fully saturated rings. The second kappa shape index (κ2) is 3.44. The lowest BCUT2D eigenvalue weighted by Crippen LogP contribution is -2.08. The summed E-state index contributed by atoms with van der Waals surface area (Å²) in [6.45, 7) is 0. The fourth-order valence-corrected chi connectivity index (χ4v) is 1.41. The smallest absolute Gasteiger partial charge is 0.282 e. The number of nitrogens with zero attached hydrogens (tertiary/aromatic N) is 3. The summed E-state index contributed by atoms with van der Waals surface area (Å²) in [6, 6.07) is 0. The fourth-order valence-electron chi connectivity index (χ4n) is 1.27. The van der Waals surface area contributed by atoms with Crippen LogP contribution in [0.3, 0.4) is 0 Å². The zero-order valence-electron chi connectivity index (χ0n) is 7.96. The molecule has 0 aliphatic heterocycles. The second-order valence-electron chi connectivity index (χ2n) is 3.08. The minimum absolute atomic E-state index is 0.0189. The molecule has 2 rings (SSSR count). The van der Waals surface area contributed by atoms with Gasteiger partial charge in [0, 0.05) is 13.2 Å². The Balaban J connectivity index is 2.61. The molecule has 9 heteroatoms. The molecule has 5 nitrogen and oxygen atoms in total. The van der Waals surface area contributed by atoms with Gasteiger partial charge in [0.2, 0.25) is 4.77 Å². The third-order valence-electron chi connectivity index (χ3n) is 1.85. The summed E-state index contributed by atoms with van der Waals surface area (Å²) >= 11 is 4.67. The lowest BCUT2D eigenvalue weighted by Gasteiger charge is -2.03. The average Bonchev–Trinajstić information content (AvgIpc) is 2.70. The summed E-state index contributed by atoms with van der Waals surface area (Å²) in [5, 5.41) is 8.23. The topological polar surface area (TPSA) is 62.3 Å². The first-order valence-electron chi connectivity index (χ1n) is 4.14. The van der Waals surface area contributed by atoms with E-state index in [2.05, 4.69) is 32.5 Å². The number of rotatable bonds is 1. The molecule has 0 unspecified atom stereocenters. The molecule has 2 heterocycles. The number of hydrogen-bond donors (Lipinski definition) is 2. The van der Waals surface area contributed by atoms with Crippen molar-refractivity contribution in [3.63, 3.8) is 0 Å². The standard InChI is InChI=1S/C7H6F3N5S/c1-15-2-3(4(14-15)7(8,9)10)5-11-6(16)13-12-5/h2H,1H3,(H2,11,12,13,16). The zero-order chi connectivity index (χ0) is 11.9. The van der Waals surface area contributed by atoms with Crippen LogP contribution in [-0.4, -0.2) is 25.0 Å². The Hall–Kier alpha value is -1.64. The number of halogens is 3. The molecular formula is C7H6F3N5S. The maximum Gasteiger partial charge on any atom is 0.435 e. The Labute approximate surface area is 92.3 Å². The second-order valence-corrected chi connectivity index (χ2v) is 3.47. The molecule has 0 aliphatic rings. The maximum absolute atomic E-state index is 12.6. The van der Waals surface area contributed by atoms with E-state index in [9.17, 15) is 13.2 Å². The number of aromatic nitrogens is 5. The van der Waals surface area contributed by atoms with Gasteiger partial charge in [0.05, 0.1) is 5.56 Å². The summed E-state index contributed by atoms with van der Waals surface area (Å²) in [5.74, 6) is 0.0189. The summed E-state index contributed by atoms with van der Waals surface area (Å²) < 4.78 is 39.0. The van der Waals surface area contributed by atoms with Crippen LogP contribution in [0.1, 0.15) is 5.69 Å². The normalized spacial score (nSPS) is 12.0. The molecule has 2 aromatic rings. The van der Waals surface area contributed by atoms with E-state index in [1.807, 2.05) is 0 Å². The van der Waals surface area contributed by atoms with Crippen LogP contribution >= 0.6 is 12.2 Å². The largest absolute Gasteiger partial charge is 0.435 e. The zero-order valence-corrected chi connectivity index (χ0v) is 8.78. The van der Waals surface area contributed by atoms with E-state index in [-0.39, 0.29) is 16.2 Å². The summed E-state index contributed by atoms with van der Waals surface area (Å²) in [6.07, 6.45) is -3.30. The van der Waals surface area contributed by atoms with Gasteiger partial charge in [-0.2, -0.15) is 23.3 Å². The Kier molecular flexibility index (Phi) is 2.34. The average molecular weight is 249 g/mol. The Morgan fingerprint density at radius 1 is 1.38 bits per heavy atom. The van der Waals surface area contributed by atoms with Gasteiger partial charge in [-0.05, 0) is 12.2 Å². The van der Waals surface area contributed by atoms with Gasteiger partial charge >= 0.3 is 6.18 Å². The van der Waals surface area contributed by atoms with E-state index < -0.39 is 11.9 Å². The van der Waals surface area contributed by atoms with E-state index in [0.29, 0.717) is 0 Å². The van der Waals surface area contributed by atoms with Crippen molar-refractivity contribution in [2.75, 3.05) is 0 Å². The number of aromatic amines is 2. The van der Waals surface area contributed by atoms with E-state index >= 15 is 0 Å². The highest BCUT2D eigenvalue weighted by Gasteiger charge is 2.38. The monoisotopic (exact) mass is 249 g/mol. The number of alkyl halides is 3. The Bertz CT molecular complexity index is 563. The van der Waals surface area contributed by atoms with E-state index in [1.165, 1.54) is 13.2 Å². The lowest BCUT2D eigenvalue weighted by molar-refractivity contribution is -0.141. The third-order valence-corrected chi connectivity index (χ3v) is 2.05. The molecule has 0 bridgehead atoms. The molecule has 2 N–H and O–H groups in total. The first-order valence-corrected chi connectivity index (χ1v) is 4.54. The lowest BCUT2D eigenvalue weighted by atomic mass is 10.2. The number of nitrogens with one attached hydrogen (secondary N) is 2. The molecule has 0 aromatic carbocycles. The van der Waals surface area contributed by atoms with E-state index in [0.717, 1.165) is 4.68 Å². The van der Waals surface area contributed by atoms with Crippen LogP contribution in [0.5, 0.6) is 0 Å². The van der Waals surface area contributed by atoms with Crippen molar-refractivity contribution in [3.8, 4) is 11.4 Å². The molecular weight excluding hydrogens is 243 g/mol. The van der Waals surface area contributed by atoms with Crippen LogP contribution in [0.4, 0.5) is 13.2 Å². The van der Waals surface area contributed by atoms with Gasteiger partial charge in [-0.25, -0.2) is 0 Å². The van der Waals surface area contributed by atoms with Crippen LogP contribution in [0.15, 0.2) is 6.20 Å². The van der Waals surface area contributed by atoms with Crippen LogP contribution in [-0.2, 0) is 13.2 Å². The van der Waals surface area contributed by atoms with Crippen molar-refractivity contribution >= 4 is 12.2 Å². The van der Waals surface area contributed by atoms with Gasteiger partial charge in [0.1, 0.15) is 0 Å². The molecule has 0 saturated carbocycles. The van der Waals surface area contributed by atoms with Crippen molar-refractivity contribution < 1.29 is 13.2 Å². The predicted octanol–water partition coefficient (Wildman–Crippen LogP) is 1.89. The SMILES string of the molecule is Cn1cc(-c2nc(=S)[nH][nH]2)c(C(F)(F)F)n1. The quantitative estimate of drug-likeness (QED) is 0.758. The molecule has 0 radical (unpaired) electrons. The minimum Gasteiger partial charge on any atom is -0.282 e. The van der Waals surface area contributed by atoms with Crippen LogP contribution < -0.4 is 0 Å². The molecule has 16 heavy (non-hydrogen) atoms. The molecule has 0 amide bonds. The predicted molar refractivity (Wildman–Crippen MR) is 51.0 cm³/mol.